The maximum absolute atomic E-state index is 11.2. The molecule has 0 aliphatic carbocycles. The third-order valence-corrected chi connectivity index (χ3v) is 2.15. The second kappa shape index (κ2) is 4.26. The number of aryl methyl sites for hydroxylation is 2. The van der Waals surface area contributed by atoms with Crippen molar-refractivity contribution in [3.63, 3.8) is 0 Å². The van der Waals surface area contributed by atoms with Gasteiger partial charge in [-0.25, -0.2) is 0 Å². The summed E-state index contributed by atoms with van der Waals surface area (Å²) in [7, 11) is 0. The quantitative estimate of drug-likeness (QED) is 0.424. The minimum atomic E-state index is -0.354. The first-order chi connectivity index (χ1) is 6.91. The fourth-order valence-electron chi connectivity index (χ4n) is 1.43. The first-order valence-electron chi connectivity index (χ1n) is 4.72. The van der Waals surface area contributed by atoms with Gasteiger partial charge in [0.15, 0.2) is 5.78 Å². The zero-order valence-corrected chi connectivity index (χ0v) is 9.38. The molecule has 3 nitrogen and oxygen atoms in total. The third kappa shape index (κ3) is 2.65. The van der Waals surface area contributed by atoms with Gasteiger partial charge < -0.3 is 4.74 Å². The molecule has 0 saturated carbocycles. The molecule has 0 heterocycles. The van der Waals surface area contributed by atoms with E-state index < -0.39 is 0 Å². The lowest BCUT2D eigenvalue weighted by atomic mass is 10.0. The van der Waals surface area contributed by atoms with E-state index in [2.05, 4.69) is 0 Å². The Bertz CT molecular complexity index is 419. The predicted molar refractivity (Wildman–Crippen MR) is 57.2 cm³/mol. The predicted octanol–water partition coefficient (Wildman–Crippen LogP) is 2.43. The second-order valence-corrected chi connectivity index (χ2v) is 3.58. The van der Waals surface area contributed by atoms with Crippen LogP contribution in [0.3, 0.4) is 0 Å². The molecule has 3 heteroatoms. The molecule has 0 saturated heterocycles. The minimum absolute atomic E-state index is 0.0185. The molecule has 1 aromatic carbocycles. The van der Waals surface area contributed by atoms with E-state index >= 15 is 0 Å². The molecule has 0 bridgehead atoms. The molecule has 0 atom stereocenters. The van der Waals surface area contributed by atoms with Gasteiger partial charge in [-0.05, 0) is 44.0 Å². The Morgan fingerprint density at radius 1 is 1.07 bits per heavy atom. The molecule has 0 aliphatic rings. The molecular weight excluding hydrogens is 192 g/mol. The Hall–Kier alpha value is -1.64. The average molecular weight is 206 g/mol. The van der Waals surface area contributed by atoms with Crippen LogP contribution in [0.2, 0.25) is 0 Å². The molecular formula is C12H14O3. The van der Waals surface area contributed by atoms with E-state index in [0.717, 1.165) is 11.1 Å². The number of ketones is 1. The van der Waals surface area contributed by atoms with Crippen LogP contribution in [-0.4, -0.2) is 11.8 Å². The van der Waals surface area contributed by atoms with Crippen LogP contribution in [0.25, 0.3) is 0 Å². The normalized spacial score (nSPS) is 9.87. The fraction of sp³-hybridized carbons (Fsp3) is 0.333. The maximum atomic E-state index is 11.2. The largest absolute Gasteiger partial charge is 0.426 e. The van der Waals surface area contributed by atoms with Crippen LogP contribution in [0.4, 0.5) is 0 Å². The van der Waals surface area contributed by atoms with Crippen molar-refractivity contribution in [2.45, 2.75) is 27.7 Å². The molecule has 0 fully saturated rings. The second-order valence-electron chi connectivity index (χ2n) is 3.58. The van der Waals surface area contributed by atoms with Crippen LogP contribution in [-0.2, 0) is 4.79 Å². The highest BCUT2D eigenvalue weighted by Crippen LogP contribution is 2.23. The van der Waals surface area contributed by atoms with Crippen molar-refractivity contribution in [3.8, 4) is 5.75 Å². The van der Waals surface area contributed by atoms with E-state index in [4.69, 9.17) is 4.74 Å². The number of carbonyl (C=O) groups excluding carboxylic acids is 2. The molecule has 0 N–H and O–H groups in total. The molecule has 0 amide bonds. The monoisotopic (exact) mass is 206 g/mol. The van der Waals surface area contributed by atoms with E-state index in [0.29, 0.717) is 11.3 Å². The highest BCUT2D eigenvalue weighted by atomic mass is 16.5. The van der Waals surface area contributed by atoms with Crippen molar-refractivity contribution in [1.29, 1.82) is 0 Å². The van der Waals surface area contributed by atoms with Crippen molar-refractivity contribution >= 4 is 11.8 Å². The summed E-state index contributed by atoms with van der Waals surface area (Å²) in [6.07, 6.45) is 0. The molecule has 1 rings (SSSR count). The van der Waals surface area contributed by atoms with Gasteiger partial charge >= 0.3 is 5.97 Å². The molecule has 0 unspecified atom stereocenters. The summed E-state index contributed by atoms with van der Waals surface area (Å²) in [6, 6.07) is 3.46. The first-order valence-corrected chi connectivity index (χ1v) is 4.72. The number of Topliss-reactive ketones (excluding diaryl/α,β-unsaturated/α-hetero) is 1. The van der Waals surface area contributed by atoms with Crippen LogP contribution in [0.15, 0.2) is 12.1 Å². The van der Waals surface area contributed by atoms with Crippen molar-refractivity contribution in [3.05, 3.63) is 28.8 Å². The molecule has 1 aromatic rings. The van der Waals surface area contributed by atoms with Gasteiger partial charge in [-0.3, -0.25) is 9.59 Å². The van der Waals surface area contributed by atoms with E-state index in [9.17, 15) is 9.59 Å². The maximum Gasteiger partial charge on any atom is 0.308 e. The Balaban J connectivity index is 3.19. The summed E-state index contributed by atoms with van der Waals surface area (Å²) in [5.74, 6) is 0.183. The summed E-state index contributed by atoms with van der Waals surface area (Å²) >= 11 is 0. The van der Waals surface area contributed by atoms with E-state index in [1.807, 2.05) is 13.8 Å². The van der Waals surface area contributed by atoms with Gasteiger partial charge in [-0.1, -0.05) is 0 Å². The van der Waals surface area contributed by atoms with Crippen molar-refractivity contribution in [2.75, 3.05) is 0 Å². The summed E-state index contributed by atoms with van der Waals surface area (Å²) in [5, 5.41) is 0. The van der Waals surface area contributed by atoms with Crippen LogP contribution < -0.4 is 4.74 Å². The van der Waals surface area contributed by atoms with E-state index in [-0.39, 0.29) is 11.8 Å². The molecule has 15 heavy (non-hydrogen) atoms. The molecule has 80 valence electrons. The van der Waals surface area contributed by atoms with Gasteiger partial charge in [0.25, 0.3) is 0 Å². The Morgan fingerprint density at radius 2 is 1.67 bits per heavy atom. The lowest BCUT2D eigenvalue weighted by Gasteiger charge is -2.09. The first kappa shape index (κ1) is 11.4. The van der Waals surface area contributed by atoms with Gasteiger partial charge in [0.1, 0.15) is 5.75 Å². The molecule has 0 aromatic heterocycles. The zero-order chi connectivity index (χ0) is 11.6. The summed E-state index contributed by atoms with van der Waals surface area (Å²) in [6.45, 7) is 6.51. The summed E-state index contributed by atoms with van der Waals surface area (Å²) in [4.78, 5) is 22.1. The standard InChI is InChI=1S/C12H14O3/c1-7-6-12(15-10(4)14)8(2)5-11(7)9(3)13/h5-6H,1-4H3. The van der Waals surface area contributed by atoms with Crippen molar-refractivity contribution in [2.24, 2.45) is 0 Å². The zero-order valence-electron chi connectivity index (χ0n) is 9.38. The van der Waals surface area contributed by atoms with Crippen molar-refractivity contribution in [1.82, 2.24) is 0 Å². The molecule has 0 radical (unpaired) electrons. The summed E-state index contributed by atoms with van der Waals surface area (Å²) < 4.78 is 5.01. The number of ether oxygens (including phenoxy) is 1. The molecule has 0 spiro atoms. The molecule has 0 aliphatic heterocycles. The lowest BCUT2D eigenvalue weighted by molar-refractivity contribution is -0.131. The van der Waals surface area contributed by atoms with Gasteiger partial charge in [0.2, 0.25) is 0 Å². The van der Waals surface area contributed by atoms with Crippen LogP contribution >= 0.6 is 0 Å². The fourth-order valence-corrected chi connectivity index (χ4v) is 1.43. The van der Waals surface area contributed by atoms with Gasteiger partial charge in [0.05, 0.1) is 0 Å². The lowest BCUT2D eigenvalue weighted by Crippen LogP contribution is -2.05. The highest BCUT2D eigenvalue weighted by molar-refractivity contribution is 5.96. The average Bonchev–Trinajstić information content (AvgIpc) is 2.09. The SMILES string of the molecule is CC(=O)Oc1cc(C)c(C(C)=O)cc1C. The number of carbonyl (C=O) groups is 2. The van der Waals surface area contributed by atoms with E-state index in [1.165, 1.54) is 13.8 Å². The van der Waals surface area contributed by atoms with Gasteiger partial charge in [-0.15, -0.1) is 0 Å². The van der Waals surface area contributed by atoms with Crippen LogP contribution in [0.5, 0.6) is 5.75 Å². The Morgan fingerprint density at radius 3 is 2.13 bits per heavy atom. The van der Waals surface area contributed by atoms with Crippen LogP contribution in [0, 0.1) is 13.8 Å². The Labute approximate surface area is 89.1 Å². The number of benzene rings is 1. The number of esters is 1. The Kier molecular flexibility index (Phi) is 3.24. The number of hydrogen-bond acceptors (Lipinski definition) is 3. The highest BCUT2D eigenvalue weighted by Gasteiger charge is 2.09. The summed E-state index contributed by atoms with van der Waals surface area (Å²) in [5.41, 5.74) is 2.29. The number of rotatable bonds is 2. The number of hydrogen-bond donors (Lipinski definition) is 0. The smallest absolute Gasteiger partial charge is 0.308 e. The third-order valence-electron chi connectivity index (χ3n) is 2.15. The van der Waals surface area contributed by atoms with Gasteiger partial charge in [-0.2, -0.15) is 0 Å². The van der Waals surface area contributed by atoms with Crippen molar-refractivity contribution < 1.29 is 14.3 Å². The topological polar surface area (TPSA) is 43.4 Å². The van der Waals surface area contributed by atoms with Gasteiger partial charge in [0, 0.05) is 12.5 Å². The van der Waals surface area contributed by atoms with Crippen LogP contribution in [0.1, 0.15) is 35.3 Å². The minimum Gasteiger partial charge on any atom is -0.426 e. The van der Waals surface area contributed by atoms with E-state index in [1.54, 1.807) is 12.1 Å².